The Bertz CT molecular complexity index is 1250. The lowest BCUT2D eigenvalue weighted by Gasteiger charge is -2.34. The molecule has 0 aliphatic carbocycles. The van der Waals surface area contributed by atoms with Gasteiger partial charge in [0, 0.05) is 25.4 Å². The van der Waals surface area contributed by atoms with Crippen LogP contribution in [0.1, 0.15) is 12.0 Å². The van der Waals surface area contributed by atoms with E-state index in [1.165, 1.54) is 13.2 Å². The lowest BCUT2D eigenvalue weighted by molar-refractivity contribution is -0.140. The van der Waals surface area contributed by atoms with Gasteiger partial charge < -0.3 is 19.8 Å². The predicted molar refractivity (Wildman–Crippen MR) is 103 cm³/mol. The van der Waals surface area contributed by atoms with Gasteiger partial charge in [-0.2, -0.15) is 23.3 Å². The summed E-state index contributed by atoms with van der Waals surface area (Å²) < 4.78 is 74.4. The molecule has 0 radical (unpaired) electrons. The Balaban J connectivity index is 1.83. The third-order valence-electron chi connectivity index (χ3n) is 5.20. The molecule has 9 nitrogen and oxygen atoms in total. The summed E-state index contributed by atoms with van der Waals surface area (Å²) in [5.74, 6) is -6.43. The number of fused-ring (bicyclic) bond motifs is 1. The molecule has 2 aromatic heterocycles. The molecule has 4 rings (SSSR count). The first-order chi connectivity index (χ1) is 15.5. The van der Waals surface area contributed by atoms with Crippen molar-refractivity contribution in [2.24, 2.45) is 7.05 Å². The highest BCUT2D eigenvalue weighted by Crippen LogP contribution is 2.41. The summed E-state index contributed by atoms with van der Waals surface area (Å²) >= 11 is 0. The SMILES string of the molecule is Cn1nc(-c2cc(C(F)(F)F)c(F)c(O)c2F)c2cnc(N3CCOCC3CC(=O)O)nc21. The molecule has 33 heavy (non-hydrogen) atoms. The van der Waals surface area contributed by atoms with Crippen molar-refractivity contribution in [1.29, 1.82) is 0 Å². The zero-order valence-electron chi connectivity index (χ0n) is 16.9. The average molecular weight is 473 g/mol. The second-order valence-electron chi connectivity index (χ2n) is 7.35. The van der Waals surface area contributed by atoms with E-state index >= 15 is 0 Å². The summed E-state index contributed by atoms with van der Waals surface area (Å²) in [6.45, 7) is 0.725. The standard InChI is InChI=1S/C19H16F5N5O4/c1-28-17-10(6-25-18(26-17)29-2-3-33-7-8(29)4-12(30)31)15(27-28)9-5-11(19(22,23)24)14(21)16(32)13(9)20/h5-6,8,32H,2-4,7H2,1H3,(H,30,31). The number of phenols is 1. The van der Waals surface area contributed by atoms with Gasteiger partial charge in [-0.05, 0) is 6.07 Å². The number of aryl methyl sites for hydroxylation is 1. The van der Waals surface area contributed by atoms with Crippen molar-refractivity contribution in [2.45, 2.75) is 18.6 Å². The Morgan fingerprint density at radius 2 is 2.03 bits per heavy atom. The molecule has 14 heteroatoms. The molecule has 1 fully saturated rings. The summed E-state index contributed by atoms with van der Waals surface area (Å²) in [6.07, 6.45) is -4.23. The number of aromatic hydroxyl groups is 1. The summed E-state index contributed by atoms with van der Waals surface area (Å²) in [4.78, 5) is 21.3. The Kier molecular flexibility index (Phi) is 5.56. The van der Waals surface area contributed by atoms with E-state index in [4.69, 9.17) is 9.84 Å². The van der Waals surface area contributed by atoms with Crippen molar-refractivity contribution in [3.63, 3.8) is 0 Å². The van der Waals surface area contributed by atoms with Crippen LogP contribution >= 0.6 is 0 Å². The number of benzene rings is 1. The normalized spacial score (nSPS) is 17.0. The van der Waals surface area contributed by atoms with E-state index in [9.17, 15) is 31.9 Å². The molecule has 0 spiro atoms. The minimum atomic E-state index is -5.19. The molecule has 0 bridgehead atoms. The number of morpholine rings is 1. The van der Waals surface area contributed by atoms with Crippen LogP contribution in [0.2, 0.25) is 0 Å². The molecule has 1 atom stereocenters. The Morgan fingerprint density at radius 3 is 2.70 bits per heavy atom. The molecule has 1 saturated heterocycles. The highest BCUT2D eigenvalue weighted by molar-refractivity contribution is 5.91. The molecule has 0 amide bonds. The van der Waals surface area contributed by atoms with Gasteiger partial charge in [-0.1, -0.05) is 0 Å². The molecule has 1 unspecified atom stereocenters. The monoisotopic (exact) mass is 473 g/mol. The van der Waals surface area contributed by atoms with E-state index in [1.807, 2.05) is 0 Å². The van der Waals surface area contributed by atoms with Crippen molar-refractivity contribution < 1.29 is 41.7 Å². The maximum atomic E-state index is 14.6. The number of aliphatic carboxylic acids is 1. The van der Waals surface area contributed by atoms with Gasteiger partial charge in [0.15, 0.2) is 23.0 Å². The summed E-state index contributed by atoms with van der Waals surface area (Å²) in [5, 5.41) is 22.8. The second-order valence-corrected chi connectivity index (χ2v) is 7.35. The third kappa shape index (κ3) is 4.01. The highest BCUT2D eigenvalue weighted by atomic mass is 19.4. The molecule has 0 saturated carbocycles. The van der Waals surface area contributed by atoms with E-state index in [-0.39, 0.29) is 41.8 Å². The third-order valence-corrected chi connectivity index (χ3v) is 5.20. The van der Waals surface area contributed by atoms with Gasteiger partial charge in [0.1, 0.15) is 5.69 Å². The first-order valence-electron chi connectivity index (χ1n) is 9.53. The maximum absolute atomic E-state index is 14.6. The molecular weight excluding hydrogens is 457 g/mol. The molecule has 176 valence electrons. The van der Waals surface area contributed by atoms with Gasteiger partial charge in [0.2, 0.25) is 5.95 Å². The number of hydrogen-bond donors (Lipinski definition) is 2. The first kappa shape index (κ1) is 22.6. The summed E-state index contributed by atoms with van der Waals surface area (Å²) in [7, 11) is 1.41. The number of carboxylic acid groups (broad SMARTS) is 1. The van der Waals surface area contributed by atoms with E-state index in [0.29, 0.717) is 13.2 Å². The van der Waals surface area contributed by atoms with E-state index in [2.05, 4.69) is 15.1 Å². The number of carboxylic acids is 1. The highest BCUT2D eigenvalue weighted by Gasteiger charge is 2.38. The topological polar surface area (TPSA) is 114 Å². The molecule has 3 aromatic rings. The van der Waals surface area contributed by atoms with Crippen molar-refractivity contribution in [3.8, 4) is 17.0 Å². The number of hydrogen-bond acceptors (Lipinski definition) is 7. The van der Waals surface area contributed by atoms with Crippen LogP contribution < -0.4 is 4.90 Å². The van der Waals surface area contributed by atoms with Crippen LogP contribution in [-0.2, 0) is 22.8 Å². The molecule has 2 N–H and O–H groups in total. The average Bonchev–Trinajstić information content (AvgIpc) is 3.07. The minimum Gasteiger partial charge on any atom is -0.503 e. The van der Waals surface area contributed by atoms with Gasteiger partial charge in [-0.25, -0.2) is 18.4 Å². The molecule has 3 heterocycles. The minimum absolute atomic E-state index is 0.0438. The van der Waals surface area contributed by atoms with Crippen molar-refractivity contribution in [1.82, 2.24) is 19.7 Å². The number of alkyl halides is 3. The van der Waals surface area contributed by atoms with Gasteiger partial charge in [0.05, 0.1) is 36.6 Å². The predicted octanol–water partition coefficient (Wildman–Crippen LogP) is 2.71. The van der Waals surface area contributed by atoms with Crippen LogP contribution in [0.4, 0.5) is 27.9 Å². The molecule has 1 aliphatic rings. The van der Waals surface area contributed by atoms with Crippen LogP contribution in [0.25, 0.3) is 22.3 Å². The van der Waals surface area contributed by atoms with E-state index < -0.39 is 46.7 Å². The Morgan fingerprint density at radius 1 is 1.30 bits per heavy atom. The summed E-state index contributed by atoms with van der Waals surface area (Å²) in [5.41, 5.74) is -2.86. The van der Waals surface area contributed by atoms with E-state index in [0.717, 1.165) is 4.68 Å². The van der Waals surface area contributed by atoms with Crippen molar-refractivity contribution >= 4 is 23.0 Å². The van der Waals surface area contributed by atoms with Crippen LogP contribution in [0, 0.1) is 11.6 Å². The lowest BCUT2D eigenvalue weighted by Crippen LogP contribution is -2.47. The Hall–Kier alpha value is -3.55. The fourth-order valence-electron chi connectivity index (χ4n) is 3.66. The fraction of sp³-hybridized carbons (Fsp3) is 0.368. The molecule has 1 aromatic carbocycles. The first-order valence-corrected chi connectivity index (χ1v) is 9.53. The zero-order chi connectivity index (χ0) is 24.1. The van der Waals surface area contributed by atoms with E-state index in [1.54, 1.807) is 4.90 Å². The number of carbonyl (C=O) groups is 1. The zero-order valence-corrected chi connectivity index (χ0v) is 16.9. The fourth-order valence-corrected chi connectivity index (χ4v) is 3.66. The number of anilines is 1. The van der Waals surface area contributed by atoms with Gasteiger partial charge in [-0.15, -0.1) is 0 Å². The van der Waals surface area contributed by atoms with Gasteiger partial charge >= 0.3 is 12.1 Å². The quantitative estimate of drug-likeness (QED) is 0.557. The lowest BCUT2D eigenvalue weighted by atomic mass is 10.0. The van der Waals surface area contributed by atoms with Crippen molar-refractivity contribution in [2.75, 3.05) is 24.7 Å². The van der Waals surface area contributed by atoms with Gasteiger partial charge in [-0.3, -0.25) is 4.79 Å². The summed E-state index contributed by atoms with van der Waals surface area (Å²) in [6, 6.07) is -0.326. The molecular formula is C19H16F5N5O4. The van der Waals surface area contributed by atoms with Crippen LogP contribution in [0.5, 0.6) is 5.75 Å². The smallest absolute Gasteiger partial charge is 0.419 e. The van der Waals surface area contributed by atoms with Crippen LogP contribution in [-0.4, -0.2) is 61.7 Å². The number of phenolic OH excluding ortho intramolecular Hbond substituents is 1. The molecule has 1 aliphatic heterocycles. The Labute approximate surface area is 182 Å². The van der Waals surface area contributed by atoms with Crippen LogP contribution in [0.3, 0.4) is 0 Å². The van der Waals surface area contributed by atoms with Crippen LogP contribution in [0.15, 0.2) is 12.3 Å². The van der Waals surface area contributed by atoms with Gasteiger partial charge in [0.25, 0.3) is 0 Å². The second kappa shape index (κ2) is 8.10. The number of ether oxygens (including phenoxy) is 1. The maximum Gasteiger partial charge on any atom is 0.419 e. The van der Waals surface area contributed by atoms with Crippen molar-refractivity contribution in [3.05, 3.63) is 29.5 Å². The number of rotatable bonds is 4. The number of aromatic nitrogens is 4. The number of nitrogens with zero attached hydrogens (tertiary/aromatic N) is 5. The number of halogens is 5. The largest absolute Gasteiger partial charge is 0.503 e.